The van der Waals surface area contributed by atoms with Crippen LogP contribution in [0.1, 0.15) is 44.1 Å². The highest BCUT2D eigenvalue weighted by Gasteiger charge is 2.30. The molecule has 0 unspecified atom stereocenters. The first-order chi connectivity index (χ1) is 13.3. The minimum atomic E-state index is -4.33. The average molecular weight is 418 g/mol. The Labute approximate surface area is 170 Å². The molecule has 0 bridgehead atoms. The Bertz CT molecular complexity index is 602. The second-order valence-corrected chi connectivity index (χ2v) is 7.61. The van der Waals surface area contributed by atoms with E-state index in [1.807, 2.05) is 19.0 Å². The number of hydrogen-bond donors (Lipinski definition) is 2. The second kappa shape index (κ2) is 11.0. The van der Waals surface area contributed by atoms with Gasteiger partial charge in [-0.1, -0.05) is 0 Å². The van der Waals surface area contributed by atoms with Crippen LogP contribution in [0.5, 0.6) is 0 Å². The van der Waals surface area contributed by atoms with Crippen LogP contribution in [0.25, 0.3) is 0 Å². The largest absolute Gasteiger partial charge is 0.416 e. The number of unbranched alkanes of at least 4 members (excludes halogenated alkanes) is 1. The van der Waals surface area contributed by atoms with E-state index in [1.54, 1.807) is 0 Å². The molecule has 8 heteroatoms. The van der Waals surface area contributed by atoms with E-state index in [0.717, 1.165) is 63.8 Å². The number of nitrogens with zero attached hydrogens (tertiary/aromatic N) is 1. The van der Waals surface area contributed by atoms with Gasteiger partial charge in [0.2, 0.25) is 0 Å². The lowest BCUT2D eigenvalue weighted by molar-refractivity contribution is -0.137. The summed E-state index contributed by atoms with van der Waals surface area (Å²) in [6.45, 7) is 1.82. The normalized spacial score (nSPS) is 20.0. The Balaban J connectivity index is 1.73. The minimum Gasteiger partial charge on any atom is -0.378 e. The zero-order valence-electron chi connectivity index (χ0n) is 16.5. The smallest absolute Gasteiger partial charge is 0.378 e. The molecule has 158 valence electrons. The van der Waals surface area contributed by atoms with Gasteiger partial charge in [-0.25, -0.2) is 0 Å². The zero-order chi connectivity index (χ0) is 20.6. The Hall–Kier alpha value is -1.38. The molecule has 0 aromatic heterocycles. The van der Waals surface area contributed by atoms with Crippen LogP contribution in [-0.4, -0.2) is 49.4 Å². The van der Waals surface area contributed by atoms with Crippen LogP contribution in [0.4, 0.5) is 18.9 Å². The molecule has 0 spiro atoms. The third-order valence-corrected chi connectivity index (χ3v) is 5.54. The fourth-order valence-electron chi connectivity index (χ4n) is 3.37. The van der Waals surface area contributed by atoms with E-state index in [4.69, 9.17) is 17.0 Å². The summed E-state index contributed by atoms with van der Waals surface area (Å²) in [5.74, 6) is 0. The van der Waals surface area contributed by atoms with Gasteiger partial charge >= 0.3 is 6.18 Å². The first-order valence-corrected chi connectivity index (χ1v) is 10.2. The summed E-state index contributed by atoms with van der Waals surface area (Å²) in [6, 6.07) is 5.25. The maximum atomic E-state index is 12.6. The van der Waals surface area contributed by atoms with Crippen molar-refractivity contribution in [2.24, 2.45) is 0 Å². The number of benzene rings is 1. The average Bonchev–Trinajstić information content (AvgIpc) is 2.67. The Morgan fingerprint density at radius 3 is 2.36 bits per heavy atom. The Morgan fingerprint density at radius 2 is 1.79 bits per heavy atom. The van der Waals surface area contributed by atoms with E-state index < -0.39 is 11.7 Å². The number of rotatable bonds is 8. The summed E-state index contributed by atoms with van der Waals surface area (Å²) in [7, 11) is 3.89. The first kappa shape index (κ1) is 22.9. The molecule has 1 saturated carbocycles. The van der Waals surface area contributed by atoms with Crippen LogP contribution in [0.3, 0.4) is 0 Å². The van der Waals surface area contributed by atoms with Crippen molar-refractivity contribution >= 4 is 23.0 Å². The molecule has 2 rings (SSSR count). The molecule has 1 aromatic carbocycles. The van der Waals surface area contributed by atoms with Gasteiger partial charge in [0.25, 0.3) is 0 Å². The molecule has 0 heterocycles. The summed E-state index contributed by atoms with van der Waals surface area (Å²) in [5, 5.41) is 6.69. The number of nitrogens with one attached hydrogen (secondary N) is 2. The zero-order valence-corrected chi connectivity index (χ0v) is 17.3. The molecule has 0 aliphatic heterocycles. The van der Waals surface area contributed by atoms with Gasteiger partial charge in [-0.15, -0.1) is 0 Å². The maximum Gasteiger partial charge on any atom is 0.416 e. The third-order valence-electron chi connectivity index (χ3n) is 5.15. The molecule has 0 atom stereocenters. The number of ether oxygens (including phenoxy) is 1. The van der Waals surface area contributed by atoms with Crippen molar-refractivity contribution < 1.29 is 17.9 Å². The summed E-state index contributed by atoms with van der Waals surface area (Å²) in [5.41, 5.74) is -0.106. The third kappa shape index (κ3) is 7.22. The van der Waals surface area contributed by atoms with Crippen molar-refractivity contribution in [1.29, 1.82) is 0 Å². The molecule has 0 amide bonds. The number of alkyl halides is 3. The van der Waals surface area contributed by atoms with Gasteiger partial charge in [0.05, 0.1) is 11.7 Å². The van der Waals surface area contributed by atoms with Crippen molar-refractivity contribution in [3.05, 3.63) is 29.8 Å². The van der Waals surface area contributed by atoms with Crippen LogP contribution in [0.15, 0.2) is 24.3 Å². The maximum absolute atomic E-state index is 12.6. The van der Waals surface area contributed by atoms with Crippen LogP contribution in [-0.2, 0) is 10.9 Å². The van der Waals surface area contributed by atoms with Gasteiger partial charge in [0.15, 0.2) is 5.11 Å². The molecule has 1 aliphatic rings. The lowest BCUT2D eigenvalue weighted by atomic mass is 9.92. The molecule has 1 aliphatic carbocycles. The van der Waals surface area contributed by atoms with Gasteiger partial charge in [0, 0.05) is 25.4 Å². The molecule has 0 saturated heterocycles. The van der Waals surface area contributed by atoms with Gasteiger partial charge in [-0.05, 0) is 88.6 Å². The van der Waals surface area contributed by atoms with Gasteiger partial charge in [0.1, 0.15) is 0 Å². The summed E-state index contributed by atoms with van der Waals surface area (Å²) in [6.07, 6.45) is 2.17. The van der Waals surface area contributed by atoms with Crippen LogP contribution < -0.4 is 10.6 Å². The Morgan fingerprint density at radius 1 is 1.14 bits per heavy atom. The highest BCUT2D eigenvalue weighted by molar-refractivity contribution is 7.80. The fourth-order valence-corrected chi connectivity index (χ4v) is 3.64. The van der Waals surface area contributed by atoms with E-state index in [0.29, 0.717) is 22.9 Å². The molecular weight excluding hydrogens is 387 g/mol. The summed E-state index contributed by atoms with van der Waals surface area (Å²) >= 11 is 5.44. The lowest BCUT2D eigenvalue weighted by Crippen LogP contribution is -2.42. The van der Waals surface area contributed by atoms with Gasteiger partial charge in [-0.3, -0.25) is 0 Å². The molecule has 0 radical (unpaired) electrons. The van der Waals surface area contributed by atoms with Crippen molar-refractivity contribution in [1.82, 2.24) is 10.2 Å². The van der Waals surface area contributed by atoms with E-state index >= 15 is 0 Å². The van der Waals surface area contributed by atoms with Crippen molar-refractivity contribution in [3.8, 4) is 0 Å². The van der Waals surface area contributed by atoms with Crippen LogP contribution >= 0.6 is 12.2 Å². The molecule has 1 fully saturated rings. The second-order valence-electron chi connectivity index (χ2n) is 7.23. The lowest BCUT2D eigenvalue weighted by Gasteiger charge is -2.36. The molecule has 1 aromatic rings. The SMILES string of the molecule is CNCCCCOC1CCC(N(C)C(=S)Nc2ccc(C(F)(F)F)cc2)CC1. The topological polar surface area (TPSA) is 36.5 Å². The van der Waals surface area contributed by atoms with E-state index in [-0.39, 0.29) is 0 Å². The molecule has 4 nitrogen and oxygen atoms in total. The number of halogens is 3. The fraction of sp³-hybridized carbons (Fsp3) is 0.650. The van der Waals surface area contributed by atoms with E-state index in [1.165, 1.54) is 12.1 Å². The minimum absolute atomic E-state index is 0.315. The van der Waals surface area contributed by atoms with Crippen molar-refractivity contribution in [3.63, 3.8) is 0 Å². The van der Waals surface area contributed by atoms with Crippen molar-refractivity contribution in [2.45, 2.75) is 56.8 Å². The highest BCUT2D eigenvalue weighted by Crippen LogP contribution is 2.30. The molecular formula is C20H30F3N3OS. The first-order valence-electron chi connectivity index (χ1n) is 9.78. The van der Waals surface area contributed by atoms with Gasteiger partial charge < -0.3 is 20.3 Å². The predicted molar refractivity (Wildman–Crippen MR) is 111 cm³/mol. The molecule has 28 heavy (non-hydrogen) atoms. The van der Waals surface area contributed by atoms with Crippen molar-refractivity contribution in [2.75, 3.05) is 32.6 Å². The number of anilines is 1. The van der Waals surface area contributed by atoms with E-state index in [2.05, 4.69) is 10.6 Å². The monoisotopic (exact) mass is 417 g/mol. The summed E-state index contributed by atoms with van der Waals surface area (Å²) < 4.78 is 43.9. The van der Waals surface area contributed by atoms with Gasteiger partial charge in [-0.2, -0.15) is 13.2 Å². The Kier molecular flexibility index (Phi) is 8.98. The van der Waals surface area contributed by atoms with E-state index in [9.17, 15) is 13.2 Å². The summed E-state index contributed by atoms with van der Waals surface area (Å²) in [4.78, 5) is 2.01. The standard InChI is InChI=1S/C20H30F3N3OS/c1-24-13-3-4-14-27-18-11-9-17(10-12-18)26(2)19(28)25-16-7-5-15(6-8-16)20(21,22)23/h5-8,17-18,24H,3-4,9-14H2,1-2H3,(H,25,28). The van der Waals surface area contributed by atoms with Crippen LogP contribution in [0, 0.1) is 0 Å². The molecule has 2 N–H and O–H groups in total. The number of hydrogen-bond acceptors (Lipinski definition) is 3. The quantitative estimate of drug-likeness (QED) is 0.475. The number of thiocarbonyl (C=S) groups is 1. The predicted octanol–water partition coefficient (Wildman–Crippen LogP) is 4.66. The highest BCUT2D eigenvalue weighted by atomic mass is 32.1. The van der Waals surface area contributed by atoms with Crippen LogP contribution in [0.2, 0.25) is 0 Å².